The van der Waals surface area contributed by atoms with E-state index in [1.807, 2.05) is 4.90 Å². The number of likely N-dealkylation sites (tertiary alicyclic amines) is 1. The molecule has 2 heterocycles. The Kier molecular flexibility index (Phi) is 5.27. The number of urea groups is 1. The van der Waals surface area contributed by atoms with Crippen LogP contribution in [0, 0.1) is 5.92 Å². The number of aromatic nitrogens is 2. The normalized spacial score (nSPS) is 21.8. The standard InChI is InChI=1S/C17H27N5O2S/c1-17(2,3)14-20-21-16(25-14)19-15(24)18-9-11-8-13(23)22(10-11)12-6-4-5-7-12/h11-12H,4-10H2,1-3H3,(H2,18,19,21,24). The Morgan fingerprint density at radius 1 is 1.28 bits per heavy atom. The Bertz CT molecular complexity index is 633. The van der Waals surface area contributed by atoms with Crippen LogP contribution in [0.5, 0.6) is 0 Å². The monoisotopic (exact) mass is 365 g/mol. The molecule has 1 aromatic heterocycles. The van der Waals surface area contributed by atoms with E-state index in [-0.39, 0.29) is 23.3 Å². The molecule has 3 amide bonds. The third-order valence-corrected chi connectivity index (χ3v) is 6.11. The highest BCUT2D eigenvalue weighted by Gasteiger charge is 2.35. The van der Waals surface area contributed by atoms with Crippen molar-refractivity contribution in [2.24, 2.45) is 5.92 Å². The van der Waals surface area contributed by atoms with Gasteiger partial charge in [0.05, 0.1) is 0 Å². The van der Waals surface area contributed by atoms with Crippen molar-refractivity contribution in [2.75, 3.05) is 18.4 Å². The number of hydrogen-bond acceptors (Lipinski definition) is 5. The van der Waals surface area contributed by atoms with Gasteiger partial charge in [-0.25, -0.2) is 4.79 Å². The molecule has 1 aromatic rings. The van der Waals surface area contributed by atoms with E-state index in [2.05, 4.69) is 41.6 Å². The molecule has 1 saturated carbocycles. The van der Waals surface area contributed by atoms with Gasteiger partial charge >= 0.3 is 6.03 Å². The van der Waals surface area contributed by atoms with Gasteiger partial charge in [-0.05, 0) is 12.8 Å². The fraction of sp³-hybridized carbons (Fsp3) is 0.765. The maximum Gasteiger partial charge on any atom is 0.321 e. The number of nitrogens with zero attached hydrogens (tertiary/aromatic N) is 3. The summed E-state index contributed by atoms with van der Waals surface area (Å²) in [5.41, 5.74) is -0.0814. The van der Waals surface area contributed by atoms with Crippen molar-refractivity contribution in [1.82, 2.24) is 20.4 Å². The molecule has 0 radical (unpaired) electrons. The number of nitrogens with one attached hydrogen (secondary N) is 2. The van der Waals surface area contributed by atoms with Crippen molar-refractivity contribution in [3.8, 4) is 0 Å². The summed E-state index contributed by atoms with van der Waals surface area (Å²) in [6.45, 7) is 7.45. The van der Waals surface area contributed by atoms with Gasteiger partial charge in [-0.1, -0.05) is 44.9 Å². The van der Waals surface area contributed by atoms with Gasteiger partial charge in [0.15, 0.2) is 0 Å². The van der Waals surface area contributed by atoms with Crippen LogP contribution in [0.3, 0.4) is 0 Å². The predicted molar refractivity (Wildman–Crippen MR) is 97.7 cm³/mol. The molecule has 25 heavy (non-hydrogen) atoms. The van der Waals surface area contributed by atoms with Crippen molar-refractivity contribution in [3.63, 3.8) is 0 Å². The molecule has 7 nitrogen and oxygen atoms in total. The molecule has 0 aromatic carbocycles. The molecule has 0 bridgehead atoms. The minimum atomic E-state index is -0.289. The van der Waals surface area contributed by atoms with E-state index >= 15 is 0 Å². The van der Waals surface area contributed by atoms with Crippen molar-refractivity contribution >= 4 is 28.4 Å². The second kappa shape index (κ2) is 7.27. The zero-order chi connectivity index (χ0) is 18.0. The maximum atomic E-state index is 12.2. The van der Waals surface area contributed by atoms with Crippen LogP contribution in [0.4, 0.5) is 9.93 Å². The van der Waals surface area contributed by atoms with E-state index in [1.165, 1.54) is 24.2 Å². The van der Waals surface area contributed by atoms with Crippen molar-refractivity contribution in [2.45, 2.75) is 64.3 Å². The zero-order valence-corrected chi connectivity index (χ0v) is 16.0. The quantitative estimate of drug-likeness (QED) is 0.859. The predicted octanol–water partition coefficient (Wildman–Crippen LogP) is 2.75. The summed E-state index contributed by atoms with van der Waals surface area (Å²) in [6, 6.07) is 0.131. The van der Waals surface area contributed by atoms with Gasteiger partial charge in [0, 0.05) is 36.9 Å². The molecule has 2 N–H and O–H groups in total. The molecule has 1 saturated heterocycles. The summed E-state index contributed by atoms with van der Waals surface area (Å²) in [7, 11) is 0. The maximum absolute atomic E-state index is 12.2. The largest absolute Gasteiger partial charge is 0.339 e. The van der Waals surface area contributed by atoms with Crippen LogP contribution < -0.4 is 10.6 Å². The average molecular weight is 366 g/mol. The minimum absolute atomic E-state index is 0.0814. The summed E-state index contributed by atoms with van der Waals surface area (Å²) >= 11 is 1.39. The summed E-state index contributed by atoms with van der Waals surface area (Å²) in [4.78, 5) is 26.3. The highest BCUT2D eigenvalue weighted by atomic mass is 32.1. The van der Waals surface area contributed by atoms with Gasteiger partial charge < -0.3 is 10.2 Å². The van der Waals surface area contributed by atoms with Gasteiger partial charge in [-0.2, -0.15) is 0 Å². The lowest BCUT2D eigenvalue weighted by atomic mass is 9.98. The lowest BCUT2D eigenvalue weighted by Crippen LogP contribution is -2.36. The minimum Gasteiger partial charge on any atom is -0.339 e. The van der Waals surface area contributed by atoms with E-state index in [1.54, 1.807) is 0 Å². The summed E-state index contributed by atoms with van der Waals surface area (Å²) in [5.74, 6) is 0.427. The molecule has 3 rings (SSSR count). The molecule has 1 aliphatic heterocycles. The molecular weight excluding hydrogens is 338 g/mol. The Labute approximate surface area is 152 Å². The molecular formula is C17H27N5O2S. The topological polar surface area (TPSA) is 87.2 Å². The zero-order valence-electron chi connectivity index (χ0n) is 15.2. The third kappa shape index (κ3) is 4.48. The number of rotatable bonds is 4. The highest BCUT2D eigenvalue weighted by molar-refractivity contribution is 7.15. The molecule has 1 atom stereocenters. The van der Waals surface area contributed by atoms with E-state index in [0.29, 0.717) is 24.1 Å². The van der Waals surface area contributed by atoms with Crippen LogP contribution in [0.15, 0.2) is 0 Å². The summed E-state index contributed by atoms with van der Waals surface area (Å²) in [6.07, 6.45) is 5.22. The summed E-state index contributed by atoms with van der Waals surface area (Å²) < 4.78 is 0. The number of hydrogen-bond donors (Lipinski definition) is 2. The van der Waals surface area contributed by atoms with E-state index in [0.717, 1.165) is 24.4 Å². The lowest BCUT2D eigenvalue weighted by molar-refractivity contribution is -0.129. The Balaban J connectivity index is 1.45. The molecule has 138 valence electrons. The first kappa shape index (κ1) is 18.1. The van der Waals surface area contributed by atoms with E-state index in [4.69, 9.17) is 0 Å². The Hall–Kier alpha value is -1.70. The Morgan fingerprint density at radius 3 is 2.64 bits per heavy atom. The molecule has 2 fully saturated rings. The molecule has 2 aliphatic rings. The first-order valence-electron chi connectivity index (χ1n) is 9.01. The first-order valence-corrected chi connectivity index (χ1v) is 9.83. The van der Waals surface area contributed by atoms with Crippen LogP contribution in [-0.2, 0) is 10.2 Å². The van der Waals surface area contributed by atoms with Crippen molar-refractivity contribution in [3.05, 3.63) is 5.01 Å². The highest BCUT2D eigenvalue weighted by Crippen LogP contribution is 2.29. The third-order valence-electron chi connectivity index (χ3n) is 4.84. The van der Waals surface area contributed by atoms with Crippen LogP contribution >= 0.6 is 11.3 Å². The van der Waals surface area contributed by atoms with Gasteiger partial charge in [0.1, 0.15) is 5.01 Å². The molecule has 1 unspecified atom stereocenters. The second-order valence-corrected chi connectivity index (χ2v) is 9.03. The van der Waals surface area contributed by atoms with Crippen molar-refractivity contribution < 1.29 is 9.59 Å². The van der Waals surface area contributed by atoms with Gasteiger partial charge in [0.2, 0.25) is 11.0 Å². The lowest BCUT2D eigenvalue weighted by Gasteiger charge is -2.24. The second-order valence-electron chi connectivity index (χ2n) is 8.05. The molecule has 1 aliphatic carbocycles. The first-order chi connectivity index (χ1) is 11.8. The van der Waals surface area contributed by atoms with E-state index in [9.17, 15) is 9.59 Å². The smallest absolute Gasteiger partial charge is 0.321 e. The number of amides is 3. The van der Waals surface area contributed by atoms with Crippen LogP contribution in [-0.4, -0.2) is 46.2 Å². The van der Waals surface area contributed by atoms with Gasteiger partial charge in [0.25, 0.3) is 0 Å². The van der Waals surface area contributed by atoms with Gasteiger partial charge in [-0.15, -0.1) is 10.2 Å². The summed E-state index contributed by atoms with van der Waals surface area (Å²) in [5, 5.41) is 15.1. The molecule has 8 heteroatoms. The Morgan fingerprint density at radius 2 is 2.00 bits per heavy atom. The van der Waals surface area contributed by atoms with Crippen LogP contribution in [0.25, 0.3) is 0 Å². The van der Waals surface area contributed by atoms with E-state index < -0.39 is 0 Å². The average Bonchev–Trinajstić information content (AvgIpc) is 3.24. The van der Waals surface area contributed by atoms with Crippen molar-refractivity contribution in [1.29, 1.82) is 0 Å². The van der Waals surface area contributed by atoms with Gasteiger partial charge in [-0.3, -0.25) is 10.1 Å². The number of carbonyl (C=O) groups is 2. The fourth-order valence-corrected chi connectivity index (χ4v) is 4.27. The number of carbonyl (C=O) groups excluding carboxylic acids is 2. The fourth-order valence-electron chi connectivity index (χ4n) is 3.47. The van der Waals surface area contributed by atoms with Crippen LogP contribution in [0.2, 0.25) is 0 Å². The molecule has 0 spiro atoms. The SMILES string of the molecule is CC(C)(C)c1nnc(NC(=O)NCC2CC(=O)N(C3CCCC3)C2)s1. The van der Waals surface area contributed by atoms with Crippen LogP contribution in [0.1, 0.15) is 57.9 Å². The number of anilines is 1.